The number of aliphatic hydroxyl groups excluding tert-OH is 1. The minimum atomic E-state index is -0.490. The van der Waals surface area contributed by atoms with Crippen molar-refractivity contribution in [2.24, 2.45) is 0 Å². The lowest BCUT2D eigenvalue weighted by Crippen LogP contribution is -2.21. The third kappa shape index (κ3) is 3.81. The highest BCUT2D eigenvalue weighted by Crippen LogP contribution is 2.17. The number of rotatable bonds is 6. The molecule has 1 atom stereocenters. The molecule has 0 aliphatic carbocycles. The number of para-hydroxylation sites is 1. The molecule has 19 heavy (non-hydrogen) atoms. The lowest BCUT2D eigenvalue weighted by molar-refractivity contribution is 0.174. The minimum Gasteiger partial charge on any atom is -0.496 e. The van der Waals surface area contributed by atoms with Gasteiger partial charge in [0.05, 0.1) is 13.2 Å². The fourth-order valence-corrected chi connectivity index (χ4v) is 1.99. The van der Waals surface area contributed by atoms with Crippen LogP contribution in [0.1, 0.15) is 17.2 Å². The van der Waals surface area contributed by atoms with Gasteiger partial charge >= 0.3 is 0 Å². The number of ether oxygens (including phenoxy) is 1. The van der Waals surface area contributed by atoms with E-state index >= 15 is 0 Å². The van der Waals surface area contributed by atoms with Crippen molar-refractivity contribution in [2.75, 3.05) is 13.7 Å². The lowest BCUT2D eigenvalue weighted by Gasteiger charge is -2.13. The summed E-state index contributed by atoms with van der Waals surface area (Å²) in [5.74, 6) is 0.865. The molecule has 2 aromatic carbocycles. The molecule has 0 radical (unpaired) electrons. The zero-order chi connectivity index (χ0) is 13.5. The summed E-state index contributed by atoms with van der Waals surface area (Å²) >= 11 is 0. The van der Waals surface area contributed by atoms with Crippen LogP contribution >= 0.6 is 0 Å². The largest absolute Gasteiger partial charge is 0.496 e. The third-order valence-electron chi connectivity index (χ3n) is 3.03. The Bertz CT molecular complexity index is 499. The van der Waals surface area contributed by atoms with Crippen LogP contribution in [0.2, 0.25) is 0 Å². The van der Waals surface area contributed by atoms with E-state index in [-0.39, 0.29) is 0 Å². The Morgan fingerprint density at radius 2 is 1.74 bits per heavy atom. The molecule has 0 spiro atoms. The molecule has 0 unspecified atom stereocenters. The second-order valence-electron chi connectivity index (χ2n) is 4.37. The molecule has 0 amide bonds. The summed E-state index contributed by atoms with van der Waals surface area (Å²) in [6.45, 7) is 1.19. The Balaban J connectivity index is 1.87. The molecule has 0 fully saturated rings. The van der Waals surface area contributed by atoms with Gasteiger partial charge in [-0.25, -0.2) is 0 Å². The van der Waals surface area contributed by atoms with Crippen LogP contribution in [0.25, 0.3) is 0 Å². The van der Waals surface area contributed by atoms with Gasteiger partial charge in [0.25, 0.3) is 0 Å². The number of hydrogen-bond acceptors (Lipinski definition) is 3. The fourth-order valence-electron chi connectivity index (χ4n) is 1.99. The van der Waals surface area contributed by atoms with Gasteiger partial charge in [0.1, 0.15) is 5.75 Å². The molecular formula is C16H19NO2. The second kappa shape index (κ2) is 6.92. The smallest absolute Gasteiger partial charge is 0.123 e. The van der Waals surface area contributed by atoms with Crippen molar-refractivity contribution in [3.05, 3.63) is 65.7 Å². The van der Waals surface area contributed by atoms with Crippen molar-refractivity contribution >= 4 is 0 Å². The summed E-state index contributed by atoms with van der Waals surface area (Å²) in [5.41, 5.74) is 2.01. The summed E-state index contributed by atoms with van der Waals surface area (Å²) in [4.78, 5) is 0. The van der Waals surface area contributed by atoms with Gasteiger partial charge in [0.15, 0.2) is 0 Å². The topological polar surface area (TPSA) is 41.5 Å². The van der Waals surface area contributed by atoms with Gasteiger partial charge in [-0.3, -0.25) is 0 Å². The molecule has 0 heterocycles. The Hall–Kier alpha value is -1.84. The van der Waals surface area contributed by atoms with E-state index in [9.17, 15) is 5.11 Å². The zero-order valence-electron chi connectivity index (χ0n) is 11.0. The van der Waals surface area contributed by atoms with Crippen molar-refractivity contribution in [1.29, 1.82) is 0 Å². The molecule has 2 aromatic rings. The van der Waals surface area contributed by atoms with Crippen LogP contribution in [0, 0.1) is 0 Å². The summed E-state index contributed by atoms with van der Waals surface area (Å²) in [6.07, 6.45) is -0.490. The maximum Gasteiger partial charge on any atom is 0.123 e. The Morgan fingerprint density at radius 1 is 1.05 bits per heavy atom. The lowest BCUT2D eigenvalue weighted by atomic mass is 10.1. The van der Waals surface area contributed by atoms with E-state index in [0.29, 0.717) is 13.1 Å². The molecule has 0 aromatic heterocycles. The molecule has 2 N–H and O–H groups in total. The highest BCUT2D eigenvalue weighted by atomic mass is 16.5. The maximum absolute atomic E-state index is 10.0. The van der Waals surface area contributed by atoms with Gasteiger partial charge in [-0.15, -0.1) is 0 Å². The molecule has 100 valence electrons. The van der Waals surface area contributed by atoms with Crippen LogP contribution in [0.3, 0.4) is 0 Å². The van der Waals surface area contributed by atoms with Crippen LogP contribution in [-0.4, -0.2) is 18.8 Å². The minimum absolute atomic E-state index is 0.490. The Kier molecular flexibility index (Phi) is 4.95. The van der Waals surface area contributed by atoms with Crippen molar-refractivity contribution in [2.45, 2.75) is 12.6 Å². The van der Waals surface area contributed by atoms with E-state index in [1.165, 1.54) is 0 Å². The Morgan fingerprint density at radius 3 is 2.47 bits per heavy atom. The summed E-state index contributed by atoms with van der Waals surface area (Å²) in [7, 11) is 1.66. The summed E-state index contributed by atoms with van der Waals surface area (Å²) in [5, 5.41) is 13.3. The molecule has 0 saturated carbocycles. The Labute approximate surface area is 113 Å². The first-order chi connectivity index (χ1) is 9.31. The number of hydrogen-bond donors (Lipinski definition) is 2. The molecule has 0 saturated heterocycles. The van der Waals surface area contributed by atoms with E-state index in [4.69, 9.17) is 4.74 Å². The van der Waals surface area contributed by atoms with Gasteiger partial charge in [-0.2, -0.15) is 0 Å². The molecule has 0 aliphatic heterocycles. The molecular weight excluding hydrogens is 238 g/mol. The molecule has 0 aliphatic rings. The van der Waals surface area contributed by atoms with Crippen molar-refractivity contribution in [1.82, 2.24) is 5.32 Å². The number of nitrogens with one attached hydrogen (secondary N) is 1. The standard InChI is InChI=1S/C16H19NO2/c1-19-16-10-6-5-9-14(16)11-17-12-15(18)13-7-3-2-4-8-13/h2-10,15,17-18H,11-12H2,1H3/t15-/m1/s1. The average molecular weight is 257 g/mol. The predicted octanol–water partition coefficient (Wildman–Crippen LogP) is 2.52. The van der Waals surface area contributed by atoms with Gasteiger partial charge in [0, 0.05) is 18.7 Å². The fraction of sp³-hybridized carbons (Fsp3) is 0.250. The summed E-state index contributed by atoms with van der Waals surface area (Å²) in [6, 6.07) is 17.5. The van der Waals surface area contributed by atoms with Gasteiger partial charge in [0.2, 0.25) is 0 Å². The monoisotopic (exact) mass is 257 g/mol. The van der Waals surface area contributed by atoms with Crippen LogP contribution in [0.15, 0.2) is 54.6 Å². The van der Waals surface area contributed by atoms with Crippen molar-refractivity contribution < 1.29 is 9.84 Å². The van der Waals surface area contributed by atoms with E-state index in [2.05, 4.69) is 5.32 Å². The number of aliphatic hydroxyl groups is 1. The number of methoxy groups -OCH3 is 1. The molecule has 0 bridgehead atoms. The molecule has 3 nitrogen and oxygen atoms in total. The number of benzene rings is 2. The first kappa shape index (κ1) is 13.6. The second-order valence-corrected chi connectivity index (χ2v) is 4.37. The summed E-state index contributed by atoms with van der Waals surface area (Å²) < 4.78 is 5.28. The van der Waals surface area contributed by atoms with Gasteiger partial charge < -0.3 is 15.2 Å². The van der Waals surface area contributed by atoms with Gasteiger partial charge in [-0.1, -0.05) is 48.5 Å². The van der Waals surface area contributed by atoms with Crippen LogP contribution in [-0.2, 0) is 6.54 Å². The highest BCUT2D eigenvalue weighted by Gasteiger charge is 2.07. The first-order valence-electron chi connectivity index (χ1n) is 6.37. The zero-order valence-corrected chi connectivity index (χ0v) is 11.0. The highest BCUT2D eigenvalue weighted by molar-refractivity contribution is 5.33. The third-order valence-corrected chi connectivity index (χ3v) is 3.03. The van der Waals surface area contributed by atoms with Crippen molar-refractivity contribution in [3.63, 3.8) is 0 Å². The van der Waals surface area contributed by atoms with E-state index in [1.54, 1.807) is 7.11 Å². The van der Waals surface area contributed by atoms with Crippen LogP contribution in [0.5, 0.6) is 5.75 Å². The van der Waals surface area contributed by atoms with Crippen LogP contribution < -0.4 is 10.1 Å². The first-order valence-corrected chi connectivity index (χ1v) is 6.37. The molecule has 3 heteroatoms. The normalized spacial score (nSPS) is 12.1. The van der Waals surface area contributed by atoms with E-state index in [0.717, 1.165) is 16.9 Å². The van der Waals surface area contributed by atoms with E-state index in [1.807, 2.05) is 54.6 Å². The van der Waals surface area contributed by atoms with Crippen molar-refractivity contribution in [3.8, 4) is 5.75 Å². The average Bonchev–Trinajstić information content (AvgIpc) is 2.48. The van der Waals surface area contributed by atoms with E-state index < -0.39 is 6.10 Å². The quantitative estimate of drug-likeness (QED) is 0.835. The predicted molar refractivity (Wildman–Crippen MR) is 76.1 cm³/mol. The van der Waals surface area contributed by atoms with Crippen LogP contribution in [0.4, 0.5) is 0 Å². The maximum atomic E-state index is 10.0. The SMILES string of the molecule is COc1ccccc1CNC[C@@H](O)c1ccccc1. The van der Waals surface area contributed by atoms with Gasteiger partial charge in [-0.05, 0) is 11.6 Å². The molecule has 2 rings (SSSR count).